The van der Waals surface area contributed by atoms with Gasteiger partial charge < -0.3 is 20.9 Å². The maximum atomic E-state index is 13.8. The van der Waals surface area contributed by atoms with Crippen molar-refractivity contribution < 1.29 is 14.4 Å². The van der Waals surface area contributed by atoms with Crippen LogP contribution in [0.5, 0.6) is 0 Å². The predicted molar refractivity (Wildman–Crippen MR) is 136 cm³/mol. The molecule has 9 nitrogen and oxygen atoms in total. The number of rotatable bonds is 8. The lowest BCUT2D eigenvalue weighted by Gasteiger charge is -2.35. The smallest absolute Gasteiger partial charge is 0.247 e. The highest BCUT2D eigenvalue weighted by molar-refractivity contribution is 7.10. The van der Waals surface area contributed by atoms with Gasteiger partial charge >= 0.3 is 0 Å². The molecule has 1 aliphatic carbocycles. The molecule has 1 saturated carbocycles. The number of aromatic nitrogens is 2. The summed E-state index contributed by atoms with van der Waals surface area (Å²) in [5.74, 6) is -0.503. The van der Waals surface area contributed by atoms with Crippen molar-refractivity contribution >= 4 is 34.3 Å². The third-order valence-electron chi connectivity index (χ3n) is 7.12. The Morgan fingerprint density at radius 2 is 1.80 bits per heavy atom. The van der Waals surface area contributed by atoms with E-state index in [2.05, 4.69) is 25.5 Å². The first-order valence-electron chi connectivity index (χ1n) is 12.5. The van der Waals surface area contributed by atoms with Crippen LogP contribution < -0.4 is 16.0 Å². The number of likely N-dealkylation sites (tertiary alicyclic amines) is 1. The van der Waals surface area contributed by atoms with Gasteiger partial charge in [-0.2, -0.15) is 0 Å². The van der Waals surface area contributed by atoms with Gasteiger partial charge in [0, 0.05) is 23.6 Å². The highest BCUT2D eigenvalue weighted by atomic mass is 32.1. The van der Waals surface area contributed by atoms with Gasteiger partial charge in [0.1, 0.15) is 22.8 Å². The number of amides is 3. The van der Waals surface area contributed by atoms with E-state index in [0.29, 0.717) is 23.7 Å². The molecule has 10 heteroatoms. The Kier molecular flexibility index (Phi) is 8.46. The Bertz CT molecular complexity index is 1020. The van der Waals surface area contributed by atoms with Crippen molar-refractivity contribution in [2.75, 3.05) is 18.9 Å². The summed E-state index contributed by atoms with van der Waals surface area (Å²) in [6.07, 6.45) is 6.40. The van der Waals surface area contributed by atoms with Crippen LogP contribution in [0.3, 0.4) is 0 Å². The molecular formula is C25H34N6O3S. The highest BCUT2D eigenvalue weighted by Crippen LogP contribution is 2.31. The number of benzene rings is 1. The normalized spacial score (nSPS) is 20.3. The van der Waals surface area contributed by atoms with Gasteiger partial charge in [-0.25, -0.2) is 0 Å². The maximum Gasteiger partial charge on any atom is 0.247 e. The number of anilines is 1. The molecule has 4 rings (SSSR count). The van der Waals surface area contributed by atoms with E-state index in [9.17, 15) is 14.4 Å². The molecular weight excluding hydrogens is 464 g/mol. The van der Waals surface area contributed by atoms with Gasteiger partial charge in [0.05, 0.1) is 6.04 Å². The van der Waals surface area contributed by atoms with E-state index < -0.39 is 18.1 Å². The van der Waals surface area contributed by atoms with E-state index >= 15 is 0 Å². The molecule has 2 aliphatic rings. The number of carbonyl (C=O) groups is 3. The van der Waals surface area contributed by atoms with Crippen LogP contribution in [0.2, 0.25) is 0 Å². The zero-order valence-electron chi connectivity index (χ0n) is 20.3. The predicted octanol–water partition coefficient (Wildman–Crippen LogP) is 2.81. The number of carbonyl (C=O) groups excluding carboxylic acids is 3. The second kappa shape index (κ2) is 11.7. The topological polar surface area (TPSA) is 116 Å². The SMILES string of the molecule is CN[C@H](C)C(=O)N[C@H](C(=O)N1CCC[C@H]1C(=O)Nc1snnc1-c1ccccc1)C1CCCCC1. The van der Waals surface area contributed by atoms with Gasteiger partial charge in [-0.1, -0.05) is 54.1 Å². The van der Waals surface area contributed by atoms with Crippen LogP contribution in [-0.2, 0) is 14.4 Å². The molecule has 1 aromatic carbocycles. The summed E-state index contributed by atoms with van der Waals surface area (Å²) in [7, 11) is 1.72. The van der Waals surface area contributed by atoms with Gasteiger partial charge in [0.25, 0.3) is 0 Å². The Balaban J connectivity index is 1.50. The fraction of sp³-hybridized carbons (Fsp3) is 0.560. The molecule has 3 atom stereocenters. The van der Waals surface area contributed by atoms with Crippen LogP contribution in [0, 0.1) is 5.92 Å². The number of hydrogen-bond acceptors (Lipinski definition) is 7. The molecule has 3 N–H and O–H groups in total. The summed E-state index contributed by atoms with van der Waals surface area (Å²) in [6, 6.07) is 7.97. The van der Waals surface area contributed by atoms with Crippen LogP contribution >= 0.6 is 11.5 Å². The summed E-state index contributed by atoms with van der Waals surface area (Å²) in [5.41, 5.74) is 1.49. The summed E-state index contributed by atoms with van der Waals surface area (Å²) in [4.78, 5) is 41.5. The monoisotopic (exact) mass is 498 g/mol. The second-order valence-corrected chi connectivity index (χ2v) is 10.1. The van der Waals surface area contributed by atoms with E-state index in [1.165, 1.54) is 0 Å². The highest BCUT2D eigenvalue weighted by Gasteiger charge is 2.41. The number of likely N-dealkylation sites (N-methyl/N-ethyl adjacent to an activating group) is 1. The first kappa shape index (κ1) is 25.2. The minimum Gasteiger partial charge on any atom is -0.343 e. The van der Waals surface area contributed by atoms with Crippen LogP contribution in [-0.4, -0.2) is 63.9 Å². The zero-order valence-corrected chi connectivity index (χ0v) is 21.1. The van der Waals surface area contributed by atoms with Gasteiger partial charge in [-0.15, -0.1) is 5.10 Å². The number of nitrogens with zero attached hydrogens (tertiary/aromatic N) is 3. The molecule has 3 amide bonds. The molecule has 188 valence electrons. The van der Waals surface area contributed by atoms with Gasteiger partial charge in [0.15, 0.2) is 0 Å². The lowest BCUT2D eigenvalue weighted by molar-refractivity contribution is -0.142. The number of hydrogen-bond donors (Lipinski definition) is 3. The van der Waals surface area contributed by atoms with Gasteiger partial charge in [-0.05, 0) is 45.6 Å². The molecule has 2 heterocycles. The Morgan fingerprint density at radius 3 is 2.51 bits per heavy atom. The molecule has 0 spiro atoms. The fourth-order valence-corrected chi connectivity index (χ4v) is 5.59. The zero-order chi connectivity index (χ0) is 24.8. The summed E-state index contributed by atoms with van der Waals surface area (Å²) < 4.78 is 4.02. The molecule has 1 aromatic heterocycles. The summed E-state index contributed by atoms with van der Waals surface area (Å²) >= 11 is 1.12. The minimum atomic E-state index is -0.614. The lowest BCUT2D eigenvalue weighted by Crippen LogP contribution is -2.57. The van der Waals surface area contributed by atoms with Crippen molar-refractivity contribution in [2.45, 2.75) is 70.0 Å². The molecule has 35 heavy (non-hydrogen) atoms. The Morgan fingerprint density at radius 1 is 1.06 bits per heavy atom. The third-order valence-corrected chi connectivity index (χ3v) is 7.76. The fourth-order valence-electron chi connectivity index (χ4n) is 4.99. The molecule has 2 aromatic rings. The minimum absolute atomic E-state index is 0.0870. The van der Waals surface area contributed by atoms with Crippen LogP contribution in [0.4, 0.5) is 5.00 Å². The Hall–Kier alpha value is -2.85. The third kappa shape index (κ3) is 5.87. The standard InChI is InChI=1S/C25H34N6O3S/c1-16(26-2)22(32)27-21(18-12-7-4-8-13-18)25(34)31-15-9-14-19(31)23(33)28-24-20(29-30-35-24)17-10-5-3-6-11-17/h3,5-6,10-11,16,18-19,21,26H,4,7-9,12-15H2,1-2H3,(H,27,32)(H,28,33)/t16-,19+,21+/m1/s1. The van der Waals surface area contributed by atoms with Crippen LogP contribution in [0.15, 0.2) is 30.3 Å². The second-order valence-electron chi connectivity index (χ2n) is 9.39. The van der Waals surface area contributed by atoms with Crippen LogP contribution in [0.25, 0.3) is 11.3 Å². The average Bonchev–Trinajstić information content (AvgIpc) is 3.57. The van der Waals surface area contributed by atoms with E-state index in [-0.39, 0.29) is 23.6 Å². The van der Waals surface area contributed by atoms with Crippen molar-refractivity contribution in [3.63, 3.8) is 0 Å². The largest absolute Gasteiger partial charge is 0.343 e. The van der Waals surface area contributed by atoms with Crippen molar-refractivity contribution in [1.29, 1.82) is 0 Å². The summed E-state index contributed by atoms with van der Waals surface area (Å²) in [6.45, 7) is 2.28. The maximum absolute atomic E-state index is 13.8. The molecule has 1 saturated heterocycles. The summed E-state index contributed by atoms with van der Waals surface area (Å²) in [5, 5.41) is 13.7. The first-order chi connectivity index (χ1) is 17.0. The van der Waals surface area contributed by atoms with E-state index in [0.717, 1.165) is 55.6 Å². The molecule has 0 bridgehead atoms. The van der Waals surface area contributed by atoms with Gasteiger partial charge in [0.2, 0.25) is 17.7 Å². The quantitative estimate of drug-likeness (QED) is 0.515. The lowest BCUT2D eigenvalue weighted by atomic mass is 9.83. The van der Waals surface area contributed by atoms with Crippen molar-refractivity contribution in [3.8, 4) is 11.3 Å². The molecule has 0 unspecified atom stereocenters. The number of nitrogens with one attached hydrogen (secondary N) is 3. The Labute approximate surface area is 210 Å². The van der Waals surface area contributed by atoms with Crippen molar-refractivity contribution in [2.24, 2.45) is 5.92 Å². The van der Waals surface area contributed by atoms with Crippen molar-refractivity contribution in [1.82, 2.24) is 25.1 Å². The van der Waals surface area contributed by atoms with E-state index in [1.807, 2.05) is 30.3 Å². The molecule has 2 fully saturated rings. The van der Waals surface area contributed by atoms with Gasteiger partial charge in [-0.3, -0.25) is 14.4 Å². The first-order valence-corrected chi connectivity index (χ1v) is 13.2. The van der Waals surface area contributed by atoms with E-state index in [4.69, 9.17) is 0 Å². The average molecular weight is 499 g/mol. The van der Waals surface area contributed by atoms with E-state index in [1.54, 1.807) is 18.9 Å². The van der Waals surface area contributed by atoms with Crippen molar-refractivity contribution in [3.05, 3.63) is 30.3 Å². The van der Waals surface area contributed by atoms with Crippen LogP contribution in [0.1, 0.15) is 51.9 Å². The molecule has 1 aliphatic heterocycles. The molecule has 0 radical (unpaired) electrons.